The van der Waals surface area contributed by atoms with Crippen molar-refractivity contribution >= 4 is 0 Å². The summed E-state index contributed by atoms with van der Waals surface area (Å²) in [7, 11) is 0. The third kappa shape index (κ3) is 2.78. The molecular weight excluding hydrogens is 180 g/mol. The van der Waals surface area contributed by atoms with Crippen LogP contribution in [0.5, 0.6) is 0 Å². The number of nitrogens with two attached hydrogens (primary N) is 1. The van der Waals surface area contributed by atoms with Gasteiger partial charge in [-0.05, 0) is 26.2 Å². The van der Waals surface area contributed by atoms with Crippen molar-refractivity contribution in [1.29, 1.82) is 0 Å². The van der Waals surface area contributed by atoms with Gasteiger partial charge >= 0.3 is 0 Å². The van der Waals surface area contributed by atoms with Crippen LogP contribution < -0.4 is 5.73 Å². The molecular formula is C9H18N4O. The largest absolute Gasteiger partial charge is 0.396 e. The molecule has 1 rings (SSSR count). The van der Waals surface area contributed by atoms with E-state index in [1.165, 1.54) is 0 Å². The minimum atomic E-state index is 0.268. The van der Waals surface area contributed by atoms with Gasteiger partial charge in [-0.15, -0.1) is 5.10 Å². The van der Waals surface area contributed by atoms with Crippen LogP contribution in [0.25, 0.3) is 0 Å². The van der Waals surface area contributed by atoms with E-state index in [4.69, 9.17) is 10.8 Å². The lowest BCUT2D eigenvalue weighted by Gasteiger charge is -2.02. The Hall–Kier alpha value is -0.940. The van der Waals surface area contributed by atoms with Crippen LogP contribution in [-0.2, 0) is 13.1 Å². The highest BCUT2D eigenvalue weighted by Crippen LogP contribution is 2.04. The van der Waals surface area contributed by atoms with Crippen LogP contribution in [0, 0.1) is 6.92 Å². The van der Waals surface area contributed by atoms with Crippen molar-refractivity contribution in [3.8, 4) is 0 Å². The molecule has 0 radical (unpaired) electrons. The monoisotopic (exact) mass is 198 g/mol. The van der Waals surface area contributed by atoms with Gasteiger partial charge < -0.3 is 10.8 Å². The van der Waals surface area contributed by atoms with Crippen molar-refractivity contribution in [2.45, 2.75) is 39.3 Å². The van der Waals surface area contributed by atoms with Gasteiger partial charge in [-0.3, -0.25) is 0 Å². The van der Waals surface area contributed by atoms with Gasteiger partial charge in [-0.1, -0.05) is 5.21 Å². The minimum Gasteiger partial charge on any atom is -0.396 e. The van der Waals surface area contributed by atoms with Crippen LogP contribution in [0.4, 0.5) is 0 Å². The lowest BCUT2D eigenvalue weighted by Crippen LogP contribution is -2.04. The van der Waals surface area contributed by atoms with Gasteiger partial charge in [0.2, 0.25) is 0 Å². The Morgan fingerprint density at radius 1 is 1.36 bits per heavy atom. The molecule has 3 N–H and O–H groups in total. The molecule has 0 atom stereocenters. The van der Waals surface area contributed by atoms with Gasteiger partial charge in [-0.25, -0.2) is 4.68 Å². The molecule has 14 heavy (non-hydrogen) atoms. The Kier molecular flexibility index (Phi) is 4.55. The molecule has 0 spiro atoms. The summed E-state index contributed by atoms with van der Waals surface area (Å²) in [5.41, 5.74) is 7.41. The average Bonchev–Trinajstić information content (AvgIpc) is 2.55. The van der Waals surface area contributed by atoms with Crippen LogP contribution >= 0.6 is 0 Å². The first-order valence-corrected chi connectivity index (χ1v) is 4.99. The number of aliphatic hydroxyl groups excluding tert-OH is 1. The molecule has 80 valence electrons. The Morgan fingerprint density at radius 3 is 2.71 bits per heavy atom. The van der Waals surface area contributed by atoms with Crippen molar-refractivity contribution in [2.24, 2.45) is 5.73 Å². The Morgan fingerprint density at radius 2 is 2.14 bits per heavy atom. The fourth-order valence-electron chi connectivity index (χ4n) is 1.35. The van der Waals surface area contributed by atoms with Crippen molar-refractivity contribution in [1.82, 2.24) is 15.0 Å². The maximum Gasteiger partial charge on any atom is 0.0991 e. The summed E-state index contributed by atoms with van der Waals surface area (Å²) in [6.45, 7) is 3.56. The Bertz CT molecular complexity index is 272. The molecule has 0 aliphatic carbocycles. The van der Waals surface area contributed by atoms with E-state index in [2.05, 4.69) is 10.3 Å². The molecule has 0 unspecified atom stereocenters. The van der Waals surface area contributed by atoms with Crippen molar-refractivity contribution in [3.05, 3.63) is 11.4 Å². The molecule has 5 nitrogen and oxygen atoms in total. The van der Waals surface area contributed by atoms with Crippen LogP contribution in [-0.4, -0.2) is 26.7 Å². The normalized spacial score (nSPS) is 10.8. The molecule has 0 aliphatic heterocycles. The van der Waals surface area contributed by atoms with Crippen molar-refractivity contribution in [3.63, 3.8) is 0 Å². The third-order valence-electron chi connectivity index (χ3n) is 2.30. The highest BCUT2D eigenvalue weighted by Gasteiger charge is 2.05. The first-order valence-electron chi connectivity index (χ1n) is 4.99. The second kappa shape index (κ2) is 5.72. The van der Waals surface area contributed by atoms with Crippen molar-refractivity contribution in [2.75, 3.05) is 6.61 Å². The van der Waals surface area contributed by atoms with E-state index in [1.807, 2.05) is 11.6 Å². The van der Waals surface area contributed by atoms with E-state index in [0.717, 1.165) is 37.2 Å². The predicted molar refractivity (Wildman–Crippen MR) is 53.6 cm³/mol. The molecule has 0 amide bonds. The SMILES string of the molecule is Cc1c(CN)nnn1CCCCCO. The summed E-state index contributed by atoms with van der Waals surface area (Å²) in [6, 6.07) is 0. The minimum absolute atomic E-state index is 0.268. The summed E-state index contributed by atoms with van der Waals surface area (Å²) in [4.78, 5) is 0. The predicted octanol–water partition coefficient (Wildman–Crippen LogP) is 0.208. The maximum atomic E-state index is 8.61. The summed E-state index contributed by atoms with van der Waals surface area (Å²) in [5.74, 6) is 0. The quantitative estimate of drug-likeness (QED) is 0.640. The summed E-state index contributed by atoms with van der Waals surface area (Å²) in [5, 5.41) is 16.6. The molecule has 0 fully saturated rings. The lowest BCUT2D eigenvalue weighted by atomic mass is 10.2. The highest BCUT2D eigenvalue weighted by molar-refractivity contribution is 5.06. The average molecular weight is 198 g/mol. The zero-order valence-electron chi connectivity index (χ0n) is 8.61. The smallest absolute Gasteiger partial charge is 0.0991 e. The molecule has 0 aliphatic rings. The zero-order chi connectivity index (χ0) is 10.4. The molecule has 5 heteroatoms. The molecule has 1 aromatic rings. The second-order valence-corrected chi connectivity index (χ2v) is 3.33. The third-order valence-corrected chi connectivity index (χ3v) is 2.30. The van der Waals surface area contributed by atoms with Gasteiger partial charge in [0, 0.05) is 19.7 Å². The summed E-state index contributed by atoms with van der Waals surface area (Å²) >= 11 is 0. The number of unbranched alkanes of at least 4 members (excludes halogenated alkanes) is 2. The number of nitrogens with zero attached hydrogens (tertiary/aromatic N) is 3. The second-order valence-electron chi connectivity index (χ2n) is 3.33. The molecule has 1 heterocycles. The van der Waals surface area contributed by atoms with E-state index in [1.54, 1.807) is 0 Å². The van der Waals surface area contributed by atoms with Crippen LogP contribution in [0.15, 0.2) is 0 Å². The standard InChI is InChI=1S/C9H18N4O/c1-8-9(7-10)11-12-13(8)5-3-2-4-6-14/h14H,2-7,10H2,1H3. The number of aliphatic hydroxyl groups is 1. The molecule has 0 aromatic carbocycles. The summed E-state index contributed by atoms with van der Waals surface area (Å²) in [6.07, 6.45) is 2.90. The fourth-order valence-corrected chi connectivity index (χ4v) is 1.35. The number of aryl methyl sites for hydroxylation is 1. The highest BCUT2D eigenvalue weighted by atomic mass is 16.2. The zero-order valence-corrected chi connectivity index (χ0v) is 8.61. The lowest BCUT2D eigenvalue weighted by molar-refractivity contribution is 0.281. The molecule has 1 aromatic heterocycles. The first-order chi connectivity index (χ1) is 6.79. The Balaban J connectivity index is 2.39. The molecule has 0 saturated heterocycles. The Labute approximate surface area is 83.9 Å². The van der Waals surface area contributed by atoms with E-state index in [9.17, 15) is 0 Å². The molecule has 0 saturated carbocycles. The van der Waals surface area contributed by atoms with Crippen LogP contribution in [0.3, 0.4) is 0 Å². The van der Waals surface area contributed by atoms with Gasteiger partial charge in [0.1, 0.15) is 0 Å². The van der Waals surface area contributed by atoms with Crippen LogP contribution in [0.2, 0.25) is 0 Å². The van der Waals surface area contributed by atoms with Gasteiger partial charge in [-0.2, -0.15) is 0 Å². The number of aromatic nitrogens is 3. The van der Waals surface area contributed by atoms with E-state index in [-0.39, 0.29) is 6.61 Å². The molecule has 0 bridgehead atoms. The van der Waals surface area contributed by atoms with Crippen LogP contribution in [0.1, 0.15) is 30.7 Å². The number of hydrogen-bond acceptors (Lipinski definition) is 4. The van der Waals surface area contributed by atoms with E-state index < -0.39 is 0 Å². The topological polar surface area (TPSA) is 77.0 Å². The fraction of sp³-hybridized carbons (Fsp3) is 0.778. The van der Waals surface area contributed by atoms with Gasteiger partial charge in [0.25, 0.3) is 0 Å². The summed E-state index contributed by atoms with van der Waals surface area (Å²) < 4.78 is 1.87. The van der Waals surface area contributed by atoms with Crippen molar-refractivity contribution < 1.29 is 5.11 Å². The first kappa shape index (κ1) is 11.1. The van der Waals surface area contributed by atoms with E-state index >= 15 is 0 Å². The maximum absolute atomic E-state index is 8.61. The number of rotatable bonds is 6. The van der Waals surface area contributed by atoms with E-state index in [0.29, 0.717) is 6.54 Å². The van der Waals surface area contributed by atoms with Gasteiger partial charge in [0.05, 0.1) is 11.4 Å². The van der Waals surface area contributed by atoms with Gasteiger partial charge in [0.15, 0.2) is 0 Å². The number of hydrogen-bond donors (Lipinski definition) is 2.